The summed E-state index contributed by atoms with van der Waals surface area (Å²) in [6, 6.07) is 20.7. The van der Waals surface area contributed by atoms with Crippen molar-refractivity contribution in [2.45, 2.75) is 38.3 Å². The predicted octanol–water partition coefficient (Wildman–Crippen LogP) is 3.35. The van der Waals surface area contributed by atoms with Crippen molar-refractivity contribution in [1.29, 1.82) is 0 Å². The molecule has 2 aromatic carbocycles. The smallest absolute Gasteiger partial charge is 0.330 e. The number of benzene rings is 2. The lowest BCUT2D eigenvalue weighted by atomic mass is 10.2. The third-order valence-corrected chi connectivity index (χ3v) is 11.4. The van der Waals surface area contributed by atoms with Crippen LogP contribution >= 0.6 is 15.9 Å². The minimum Gasteiger partial charge on any atom is -0.402 e. The van der Waals surface area contributed by atoms with Crippen LogP contribution in [0.25, 0.3) is 6.08 Å². The normalized spacial score (nSPS) is 18.9. The number of H-pyrrole nitrogens is 1. The average molecular weight is 558 g/mol. The van der Waals surface area contributed by atoms with Crippen LogP contribution in [0.4, 0.5) is 0 Å². The Morgan fingerprint density at radius 3 is 2.23 bits per heavy atom. The first-order chi connectivity index (χ1) is 16.8. The first kappa shape index (κ1) is 25.5. The van der Waals surface area contributed by atoms with Gasteiger partial charge in [0.2, 0.25) is 0 Å². The lowest BCUT2D eigenvalue weighted by molar-refractivity contribution is -0.0956. The molecule has 1 fully saturated rings. The third kappa shape index (κ3) is 5.19. The fourth-order valence-corrected chi connectivity index (χ4v) is 9.36. The number of nitrogens with zero attached hydrogens (tertiary/aromatic N) is 1. The standard InChI is InChI=1S/C26H29BrN2O5Si/c1-26(2,3)35(20-10-6-4-7-11-20,21-12-8-5-9-13-21)33-18-23-32-17-22(34-23)29-16-19(14-15-27)24(30)28-25(29)31/h4-16,22-23H,17-18H2,1-3H3,(H,28,30,31)/t22-,23+/m1/s1. The number of rotatable bonds is 7. The molecule has 4 rings (SSSR count). The first-order valence-corrected chi connectivity index (χ1v) is 14.2. The number of nitrogens with one attached hydrogen (secondary N) is 1. The zero-order valence-electron chi connectivity index (χ0n) is 19.9. The summed E-state index contributed by atoms with van der Waals surface area (Å²) in [4.78, 5) is 28.3. The van der Waals surface area contributed by atoms with E-state index in [-0.39, 0.29) is 18.3 Å². The molecule has 0 amide bonds. The topological polar surface area (TPSA) is 82.5 Å². The second-order valence-corrected chi connectivity index (χ2v) is 14.2. The first-order valence-electron chi connectivity index (χ1n) is 11.4. The van der Waals surface area contributed by atoms with E-state index in [0.29, 0.717) is 5.56 Å². The highest BCUT2D eigenvalue weighted by atomic mass is 79.9. The second-order valence-electron chi connectivity index (χ2n) is 9.37. The zero-order valence-corrected chi connectivity index (χ0v) is 22.5. The summed E-state index contributed by atoms with van der Waals surface area (Å²) in [6.45, 7) is 6.99. The molecule has 2 heterocycles. The number of hydrogen-bond acceptors (Lipinski definition) is 5. The molecule has 35 heavy (non-hydrogen) atoms. The molecule has 1 N–H and O–H groups in total. The van der Waals surface area contributed by atoms with E-state index in [0.717, 1.165) is 10.4 Å². The number of hydrogen-bond donors (Lipinski definition) is 1. The van der Waals surface area contributed by atoms with E-state index >= 15 is 0 Å². The van der Waals surface area contributed by atoms with Gasteiger partial charge >= 0.3 is 5.69 Å². The van der Waals surface area contributed by atoms with Crippen LogP contribution < -0.4 is 21.6 Å². The highest BCUT2D eigenvalue weighted by molar-refractivity contribution is 9.11. The van der Waals surface area contributed by atoms with Crippen LogP contribution in [0.2, 0.25) is 5.04 Å². The van der Waals surface area contributed by atoms with Gasteiger partial charge in [-0.3, -0.25) is 14.3 Å². The van der Waals surface area contributed by atoms with Crippen LogP contribution in [0.3, 0.4) is 0 Å². The quantitative estimate of drug-likeness (QED) is 0.451. The Labute approximate surface area is 213 Å². The minimum atomic E-state index is -2.75. The molecule has 0 aliphatic carbocycles. The Balaban J connectivity index is 1.61. The lowest BCUT2D eigenvalue weighted by Crippen LogP contribution is -2.67. The maximum absolute atomic E-state index is 12.4. The van der Waals surface area contributed by atoms with E-state index in [1.54, 1.807) is 11.1 Å². The molecule has 0 saturated carbocycles. The molecule has 0 unspecified atom stereocenters. The lowest BCUT2D eigenvalue weighted by Gasteiger charge is -2.43. The molecule has 2 atom stereocenters. The maximum Gasteiger partial charge on any atom is 0.330 e. The molecule has 184 valence electrons. The van der Waals surface area contributed by atoms with Crippen LogP contribution in [-0.4, -0.2) is 37.4 Å². The van der Waals surface area contributed by atoms with Crippen LogP contribution in [0, 0.1) is 0 Å². The molecular formula is C26H29BrN2O5Si. The third-order valence-electron chi connectivity index (χ3n) is 6.13. The second kappa shape index (κ2) is 10.6. The van der Waals surface area contributed by atoms with Crippen molar-refractivity contribution in [3.63, 3.8) is 0 Å². The van der Waals surface area contributed by atoms with Gasteiger partial charge in [0.15, 0.2) is 12.5 Å². The van der Waals surface area contributed by atoms with E-state index in [2.05, 4.69) is 66.0 Å². The summed E-state index contributed by atoms with van der Waals surface area (Å²) < 4.78 is 20.2. The monoisotopic (exact) mass is 556 g/mol. The van der Waals surface area contributed by atoms with Crippen molar-refractivity contribution in [3.8, 4) is 0 Å². The number of halogens is 1. The molecule has 3 aromatic rings. The summed E-state index contributed by atoms with van der Waals surface area (Å²) in [5, 5.41) is 2.15. The molecule has 0 radical (unpaired) electrons. The predicted molar refractivity (Wildman–Crippen MR) is 143 cm³/mol. The Morgan fingerprint density at radius 1 is 1.09 bits per heavy atom. The highest BCUT2D eigenvalue weighted by Crippen LogP contribution is 2.37. The fraction of sp³-hybridized carbons (Fsp3) is 0.308. The summed E-state index contributed by atoms with van der Waals surface area (Å²) >= 11 is 3.16. The summed E-state index contributed by atoms with van der Waals surface area (Å²) in [5.74, 6) is 0. The van der Waals surface area contributed by atoms with Crippen molar-refractivity contribution in [1.82, 2.24) is 9.55 Å². The Bertz CT molecular complexity index is 1250. The number of aromatic amines is 1. The van der Waals surface area contributed by atoms with Crippen molar-refractivity contribution in [3.05, 3.63) is 98.2 Å². The molecule has 1 aliphatic rings. The van der Waals surface area contributed by atoms with Crippen LogP contribution in [0.1, 0.15) is 32.6 Å². The van der Waals surface area contributed by atoms with E-state index in [4.69, 9.17) is 13.9 Å². The minimum absolute atomic E-state index is 0.165. The van der Waals surface area contributed by atoms with Gasteiger partial charge in [0.1, 0.15) is 0 Å². The van der Waals surface area contributed by atoms with Crippen molar-refractivity contribution < 1.29 is 13.9 Å². The highest BCUT2D eigenvalue weighted by Gasteiger charge is 2.50. The van der Waals surface area contributed by atoms with Crippen LogP contribution in [0.5, 0.6) is 0 Å². The van der Waals surface area contributed by atoms with Gasteiger partial charge in [0.25, 0.3) is 13.9 Å². The molecule has 0 bridgehead atoms. The van der Waals surface area contributed by atoms with E-state index < -0.39 is 32.1 Å². The van der Waals surface area contributed by atoms with Crippen molar-refractivity contribution in [2.75, 3.05) is 13.2 Å². The molecule has 1 aromatic heterocycles. The summed E-state index contributed by atoms with van der Waals surface area (Å²) in [6.07, 6.45) is 1.71. The van der Waals surface area contributed by atoms with E-state index in [1.165, 1.54) is 10.8 Å². The van der Waals surface area contributed by atoms with E-state index in [9.17, 15) is 9.59 Å². The van der Waals surface area contributed by atoms with Gasteiger partial charge in [-0.1, -0.05) is 97.4 Å². The fourth-order valence-electron chi connectivity index (χ4n) is 4.53. The van der Waals surface area contributed by atoms with Gasteiger partial charge in [0.05, 0.1) is 18.8 Å². The van der Waals surface area contributed by atoms with Crippen molar-refractivity contribution in [2.24, 2.45) is 0 Å². The van der Waals surface area contributed by atoms with Gasteiger partial charge < -0.3 is 13.9 Å². The zero-order chi connectivity index (χ0) is 25.1. The van der Waals surface area contributed by atoms with Gasteiger partial charge in [-0.15, -0.1) is 0 Å². The Kier molecular flexibility index (Phi) is 7.73. The Hall–Kier alpha value is -2.56. The number of ether oxygens (including phenoxy) is 2. The molecule has 7 nitrogen and oxygen atoms in total. The molecule has 0 spiro atoms. The molecule has 1 aliphatic heterocycles. The van der Waals surface area contributed by atoms with Gasteiger partial charge in [-0.2, -0.15) is 0 Å². The SMILES string of the molecule is CC(C)(C)[Si](OC[C@H]1OC[C@H](n2cc(C=CBr)c(=O)[nH]c2=O)O1)(c1ccccc1)c1ccccc1. The van der Waals surface area contributed by atoms with Crippen LogP contribution in [-0.2, 0) is 13.9 Å². The summed E-state index contributed by atoms with van der Waals surface area (Å²) in [5.41, 5.74) is -0.687. The van der Waals surface area contributed by atoms with E-state index in [1.807, 2.05) is 36.4 Å². The number of aromatic nitrogens is 2. The average Bonchev–Trinajstić information content (AvgIpc) is 3.30. The largest absolute Gasteiger partial charge is 0.402 e. The molecular weight excluding hydrogens is 528 g/mol. The Morgan fingerprint density at radius 2 is 1.69 bits per heavy atom. The van der Waals surface area contributed by atoms with Crippen LogP contribution in [0.15, 0.2) is 81.4 Å². The van der Waals surface area contributed by atoms with Crippen molar-refractivity contribution >= 4 is 40.7 Å². The molecule has 9 heteroatoms. The van der Waals surface area contributed by atoms with Gasteiger partial charge in [-0.05, 0) is 26.5 Å². The van der Waals surface area contributed by atoms with Gasteiger partial charge in [-0.25, -0.2) is 4.79 Å². The maximum atomic E-state index is 12.4. The van der Waals surface area contributed by atoms with Gasteiger partial charge in [0, 0.05) is 6.20 Å². The molecule has 1 saturated heterocycles. The summed E-state index contributed by atoms with van der Waals surface area (Å²) in [7, 11) is -2.75.